The Bertz CT molecular complexity index is 196. The molecule has 0 spiro atoms. The summed E-state index contributed by atoms with van der Waals surface area (Å²) in [4.78, 5) is 0. The summed E-state index contributed by atoms with van der Waals surface area (Å²) in [6, 6.07) is 0. The Balaban J connectivity index is 2.87. The number of aliphatic hydroxyl groups excluding tert-OH is 1. The zero-order valence-electron chi connectivity index (χ0n) is 5.60. The Kier molecular flexibility index (Phi) is 2.51. The summed E-state index contributed by atoms with van der Waals surface area (Å²) in [5, 5.41) is 8.82. The predicted octanol–water partition coefficient (Wildman–Crippen LogP) is 1.26. The van der Waals surface area contributed by atoms with Gasteiger partial charge in [0.1, 0.15) is 0 Å². The van der Waals surface area contributed by atoms with Gasteiger partial charge >= 0.3 is 0 Å². The minimum atomic E-state index is 0.0307. The molecule has 0 aliphatic heterocycles. The lowest BCUT2D eigenvalue weighted by molar-refractivity contribution is 0.332. The van der Waals surface area contributed by atoms with Crippen molar-refractivity contribution in [2.45, 2.75) is 12.8 Å². The van der Waals surface area contributed by atoms with Crippen molar-refractivity contribution in [2.75, 3.05) is 6.61 Å². The van der Waals surface area contributed by atoms with Gasteiger partial charge in [-0.05, 0) is 12.8 Å². The fourth-order valence-electron chi connectivity index (χ4n) is 0.962. The van der Waals surface area contributed by atoms with Gasteiger partial charge in [0.15, 0.2) is 0 Å². The van der Waals surface area contributed by atoms with E-state index < -0.39 is 0 Å². The van der Waals surface area contributed by atoms with Crippen molar-refractivity contribution in [1.82, 2.24) is 0 Å². The van der Waals surface area contributed by atoms with Gasteiger partial charge in [0, 0.05) is 15.8 Å². The minimum Gasteiger partial charge on any atom is -0.399 e. The van der Waals surface area contributed by atoms with Gasteiger partial charge < -0.3 is 10.8 Å². The Labute approximate surface area is 68.5 Å². The van der Waals surface area contributed by atoms with Crippen LogP contribution < -0.4 is 5.73 Å². The standard InChI is InChI=1S/C7H10BrNO/c8-6-2-1-3-7(9)5(6)4-10/h3,10H,1-2,4,9H2. The molecule has 3 heteroatoms. The molecule has 0 aromatic heterocycles. The summed E-state index contributed by atoms with van der Waals surface area (Å²) in [7, 11) is 0. The van der Waals surface area contributed by atoms with Gasteiger partial charge in [-0.15, -0.1) is 0 Å². The first kappa shape index (κ1) is 7.82. The molecule has 10 heavy (non-hydrogen) atoms. The molecule has 1 rings (SSSR count). The maximum absolute atomic E-state index is 8.82. The second-order valence-electron chi connectivity index (χ2n) is 2.24. The zero-order valence-corrected chi connectivity index (χ0v) is 7.19. The number of hydrogen-bond acceptors (Lipinski definition) is 2. The molecule has 0 bridgehead atoms. The van der Waals surface area contributed by atoms with Crippen molar-refractivity contribution in [3.63, 3.8) is 0 Å². The molecule has 0 heterocycles. The largest absolute Gasteiger partial charge is 0.399 e. The van der Waals surface area contributed by atoms with E-state index in [2.05, 4.69) is 15.9 Å². The average Bonchev–Trinajstić information content (AvgIpc) is 1.88. The van der Waals surface area contributed by atoms with Crippen LogP contribution in [0.25, 0.3) is 0 Å². The molecule has 0 saturated carbocycles. The molecule has 0 fully saturated rings. The van der Waals surface area contributed by atoms with Crippen LogP contribution in [-0.2, 0) is 0 Å². The zero-order chi connectivity index (χ0) is 7.56. The Morgan fingerprint density at radius 2 is 2.40 bits per heavy atom. The van der Waals surface area contributed by atoms with Crippen LogP contribution in [0.5, 0.6) is 0 Å². The second kappa shape index (κ2) is 3.21. The molecule has 0 aromatic rings. The lowest BCUT2D eigenvalue weighted by Crippen LogP contribution is -2.09. The van der Waals surface area contributed by atoms with Crippen molar-refractivity contribution in [3.8, 4) is 0 Å². The lowest BCUT2D eigenvalue weighted by atomic mass is 10.1. The summed E-state index contributed by atoms with van der Waals surface area (Å²) in [6.07, 6.45) is 3.86. The predicted molar refractivity (Wildman–Crippen MR) is 44.5 cm³/mol. The topological polar surface area (TPSA) is 46.2 Å². The minimum absolute atomic E-state index is 0.0307. The number of nitrogens with two attached hydrogens (primary N) is 1. The normalized spacial score (nSPS) is 19.2. The molecular weight excluding hydrogens is 194 g/mol. The first-order valence-electron chi connectivity index (χ1n) is 3.20. The monoisotopic (exact) mass is 203 g/mol. The van der Waals surface area contributed by atoms with E-state index in [0.717, 1.165) is 22.9 Å². The first-order chi connectivity index (χ1) is 4.75. The van der Waals surface area contributed by atoms with Gasteiger partial charge in [-0.2, -0.15) is 0 Å². The third-order valence-electron chi connectivity index (χ3n) is 1.56. The smallest absolute Gasteiger partial charge is 0.0709 e. The molecule has 0 unspecified atom stereocenters. The van der Waals surface area contributed by atoms with E-state index in [1.54, 1.807) is 0 Å². The molecule has 1 aliphatic carbocycles. The van der Waals surface area contributed by atoms with Gasteiger partial charge in [0.25, 0.3) is 0 Å². The Morgan fingerprint density at radius 1 is 1.70 bits per heavy atom. The van der Waals surface area contributed by atoms with Crippen LogP contribution >= 0.6 is 15.9 Å². The molecule has 2 nitrogen and oxygen atoms in total. The van der Waals surface area contributed by atoms with Crippen molar-refractivity contribution in [2.24, 2.45) is 5.73 Å². The van der Waals surface area contributed by atoms with E-state index >= 15 is 0 Å². The summed E-state index contributed by atoms with van der Waals surface area (Å²) >= 11 is 3.35. The molecule has 3 N–H and O–H groups in total. The fourth-order valence-corrected chi connectivity index (χ4v) is 1.55. The van der Waals surface area contributed by atoms with Gasteiger partial charge in [-0.25, -0.2) is 0 Å². The van der Waals surface area contributed by atoms with Crippen molar-refractivity contribution in [3.05, 3.63) is 21.8 Å². The SMILES string of the molecule is NC1=CCCC(Br)=C1CO. The highest BCUT2D eigenvalue weighted by Crippen LogP contribution is 2.26. The van der Waals surface area contributed by atoms with Crippen LogP contribution in [0, 0.1) is 0 Å². The maximum Gasteiger partial charge on any atom is 0.0709 e. The van der Waals surface area contributed by atoms with E-state index in [1.807, 2.05) is 6.08 Å². The molecule has 0 aromatic carbocycles. The lowest BCUT2D eigenvalue weighted by Gasteiger charge is -2.12. The van der Waals surface area contributed by atoms with Crippen molar-refractivity contribution in [1.29, 1.82) is 0 Å². The van der Waals surface area contributed by atoms with Crippen LogP contribution in [0.3, 0.4) is 0 Å². The number of halogens is 1. The van der Waals surface area contributed by atoms with Crippen LogP contribution in [0.4, 0.5) is 0 Å². The van der Waals surface area contributed by atoms with Crippen molar-refractivity contribution < 1.29 is 5.11 Å². The van der Waals surface area contributed by atoms with E-state index in [4.69, 9.17) is 10.8 Å². The summed E-state index contributed by atoms with van der Waals surface area (Å²) in [6.45, 7) is 0.0307. The van der Waals surface area contributed by atoms with Gasteiger partial charge in [0.2, 0.25) is 0 Å². The molecule has 0 atom stereocenters. The average molecular weight is 204 g/mol. The number of hydrogen-bond donors (Lipinski definition) is 2. The van der Waals surface area contributed by atoms with E-state index in [-0.39, 0.29) is 6.61 Å². The van der Waals surface area contributed by atoms with E-state index in [0.29, 0.717) is 5.70 Å². The Hall–Kier alpha value is -0.280. The van der Waals surface area contributed by atoms with Crippen LogP contribution in [0.1, 0.15) is 12.8 Å². The quantitative estimate of drug-likeness (QED) is 0.675. The molecule has 0 amide bonds. The maximum atomic E-state index is 8.82. The number of rotatable bonds is 1. The molecule has 0 radical (unpaired) electrons. The molecule has 56 valence electrons. The van der Waals surface area contributed by atoms with Crippen molar-refractivity contribution >= 4 is 15.9 Å². The van der Waals surface area contributed by atoms with Gasteiger partial charge in [-0.1, -0.05) is 22.0 Å². The Morgan fingerprint density at radius 3 is 2.80 bits per heavy atom. The van der Waals surface area contributed by atoms with Crippen LogP contribution in [-0.4, -0.2) is 11.7 Å². The van der Waals surface area contributed by atoms with Crippen LogP contribution in [0.2, 0.25) is 0 Å². The van der Waals surface area contributed by atoms with Crippen LogP contribution in [0.15, 0.2) is 21.8 Å². The summed E-state index contributed by atoms with van der Waals surface area (Å²) in [5.41, 5.74) is 7.14. The molecule has 1 aliphatic rings. The third kappa shape index (κ3) is 1.41. The summed E-state index contributed by atoms with van der Waals surface area (Å²) < 4.78 is 1.04. The molecular formula is C7H10BrNO. The molecule has 0 saturated heterocycles. The number of aliphatic hydroxyl groups is 1. The third-order valence-corrected chi connectivity index (χ3v) is 2.44. The summed E-state index contributed by atoms with van der Waals surface area (Å²) in [5.74, 6) is 0. The highest BCUT2D eigenvalue weighted by Gasteiger charge is 2.09. The van der Waals surface area contributed by atoms with E-state index in [1.165, 1.54) is 0 Å². The second-order valence-corrected chi connectivity index (χ2v) is 3.20. The van der Waals surface area contributed by atoms with Gasteiger partial charge in [-0.3, -0.25) is 0 Å². The number of allylic oxidation sites excluding steroid dienone is 2. The van der Waals surface area contributed by atoms with E-state index in [9.17, 15) is 0 Å². The first-order valence-corrected chi connectivity index (χ1v) is 3.99. The highest BCUT2D eigenvalue weighted by molar-refractivity contribution is 9.11. The van der Waals surface area contributed by atoms with Gasteiger partial charge in [0.05, 0.1) is 6.61 Å². The highest BCUT2D eigenvalue weighted by atomic mass is 79.9. The fraction of sp³-hybridized carbons (Fsp3) is 0.429.